The molecule has 0 saturated carbocycles. The number of nitrogens with one attached hydrogen (secondary N) is 1. The van der Waals surface area contributed by atoms with E-state index in [0.29, 0.717) is 31.6 Å². The molecule has 244 valence electrons. The van der Waals surface area contributed by atoms with Crippen LogP contribution in [0.5, 0.6) is 5.75 Å². The predicted molar refractivity (Wildman–Crippen MR) is 182 cm³/mol. The van der Waals surface area contributed by atoms with Gasteiger partial charge in [-0.3, -0.25) is 14.3 Å². The predicted octanol–water partition coefficient (Wildman–Crippen LogP) is 4.41. The van der Waals surface area contributed by atoms with Crippen LogP contribution in [0, 0.1) is 5.92 Å². The van der Waals surface area contributed by atoms with E-state index < -0.39 is 13.7 Å². The minimum Gasteiger partial charge on any atom is -0.497 e. The van der Waals surface area contributed by atoms with Gasteiger partial charge in [0, 0.05) is 48.6 Å². The number of benzene rings is 3. The van der Waals surface area contributed by atoms with Crippen LogP contribution in [0.15, 0.2) is 79.0 Å². The van der Waals surface area contributed by atoms with Gasteiger partial charge in [-0.25, -0.2) is 0 Å². The minimum absolute atomic E-state index is 0.0689. The lowest BCUT2D eigenvalue weighted by molar-refractivity contribution is -0.143. The Kier molecular flexibility index (Phi) is 8.02. The largest absolute Gasteiger partial charge is 0.497 e. The van der Waals surface area contributed by atoms with E-state index in [1.54, 1.807) is 12.0 Å². The molecule has 2 N–H and O–H groups in total. The number of aliphatic hydroxyl groups excluding tert-OH is 1. The normalized spacial score (nSPS) is 24.3. The summed E-state index contributed by atoms with van der Waals surface area (Å²) in [6.45, 7) is 8.00. The van der Waals surface area contributed by atoms with Gasteiger partial charge >= 0.3 is 0 Å². The molecule has 0 radical (unpaired) electrons. The number of aliphatic hydroxyl groups is 1. The molecular formula is C36H41N5O5Si. The molecule has 0 bridgehead atoms. The summed E-state index contributed by atoms with van der Waals surface area (Å²) in [5.74, 6) is 0.316. The first-order valence-electron chi connectivity index (χ1n) is 16.3. The zero-order chi connectivity index (χ0) is 32.9. The highest BCUT2D eigenvalue weighted by atomic mass is 28.3. The van der Waals surface area contributed by atoms with E-state index >= 15 is 0 Å². The molecule has 4 aromatic rings. The molecular weight excluding hydrogens is 611 g/mol. The number of methoxy groups -OCH3 is 1. The molecule has 47 heavy (non-hydrogen) atoms. The molecule has 3 aliphatic rings. The lowest BCUT2D eigenvalue weighted by atomic mass is 9.82. The van der Waals surface area contributed by atoms with E-state index in [1.807, 2.05) is 71.5 Å². The van der Waals surface area contributed by atoms with Crippen molar-refractivity contribution in [1.82, 2.24) is 15.0 Å². The van der Waals surface area contributed by atoms with Gasteiger partial charge in [-0.15, -0.1) is 5.10 Å². The van der Waals surface area contributed by atoms with Crippen molar-refractivity contribution >= 4 is 36.4 Å². The van der Waals surface area contributed by atoms with Crippen molar-refractivity contribution in [2.24, 2.45) is 5.92 Å². The average Bonchev–Trinajstić information content (AvgIpc) is 3.75. The maximum Gasteiger partial charge on any atom is 0.261 e. The van der Waals surface area contributed by atoms with Crippen LogP contribution in [0.3, 0.4) is 0 Å². The first-order valence-corrected chi connectivity index (χ1v) is 19.4. The second-order valence-corrected chi connectivity index (χ2v) is 18.2. The summed E-state index contributed by atoms with van der Waals surface area (Å²) < 4.78 is 14.4. The van der Waals surface area contributed by atoms with Gasteiger partial charge in [0.1, 0.15) is 5.75 Å². The molecule has 10 nitrogen and oxygen atoms in total. The summed E-state index contributed by atoms with van der Waals surface area (Å²) in [4.78, 5) is 28.2. The number of hydrogen-bond donors (Lipinski definition) is 2. The average molecular weight is 652 g/mol. The molecule has 3 aliphatic heterocycles. The highest BCUT2D eigenvalue weighted by Crippen LogP contribution is 2.59. The van der Waals surface area contributed by atoms with Gasteiger partial charge < -0.3 is 24.8 Å². The van der Waals surface area contributed by atoms with Crippen LogP contribution in [0.2, 0.25) is 18.6 Å². The maximum atomic E-state index is 14.1. The molecule has 7 rings (SSSR count). The van der Waals surface area contributed by atoms with Crippen LogP contribution in [-0.4, -0.2) is 66.4 Å². The molecule has 1 aromatic heterocycles. The number of fused-ring (bicyclic) bond motifs is 2. The van der Waals surface area contributed by atoms with Crippen molar-refractivity contribution in [2.45, 2.75) is 62.6 Å². The zero-order valence-electron chi connectivity index (χ0n) is 27.2. The van der Waals surface area contributed by atoms with E-state index in [-0.39, 0.29) is 41.9 Å². The zero-order valence-corrected chi connectivity index (χ0v) is 28.2. The van der Waals surface area contributed by atoms with Gasteiger partial charge in [-0.2, -0.15) is 0 Å². The van der Waals surface area contributed by atoms with E-state index in [0.717, 1.165) is 28.3 Å². The molecule has 2 fully saturated rings. The monoisotopic (exact) mass is 651 g/mol. The summed E-state index contributed by atoms with van der Waals surface area (Å²) in [6, 6.07) is 23.9. The number of carbonyl (C=O) groups is 2. The third-order valence-electron chi connectivity index (χ3n) is 10.7. The number of aryl methyl sites for hydroxylation is 1. The molecule has 5 atom stereocenters. The Hall–Kier alpha value is -4.32. The van der Waals surface area contributed by atoms with Crippen molar-refractivity contribution in [2.75, 3.05) is 30.5 Å². The number of nitrogens with zero attached hydrogens (tertiary/aromatic N) is 4. The number of anilines is 2. The Bertz CT molecular complexity index is 1790. The van der Waals surface area contributed by atoms with Gasteiger partial charge in [0.05, 0.1) is 39.5 Å². The molecule has 1 unspecified atom stereocenters. The number of rotatable bonds is 10. The Labute approximate surface area is 275 Å². The third kappa shape index (κ3) is 5.17. The molecule has 2 saturated heterocycles. The summed E-state index contributed by atoms with van der Waals surface area (Å²) >= 11 is 0. The van der Waals surface area contributed by atoms with Crippen LogP contribution in [0.4, 0.5) is 11.4 Å². The quantitative estimate of drug-likeness (QED) is 0.193. The Morgan fingerprint density at radius 3 is 2.53 bits per heavy atom. The Morgan fingerprint density at radius 2 is 1.87 bits per heavy atom. The minimum atomic E-state index is -2.30. The molecule has 2 amide bonds. The second kappa shape index (κ2) is 12.0. The van der Waals surface area contributed by atoms with Gasteiger partial charge in [-0.05, 0) is 47.9 Å². The fourth-order valence-electron chi connectivity index (χ4n) is 8.04. The van der Waals surface area contributed by atoms with Crippen molar-refractivity contribution < 1.29 is 24.2 Å². The van der Waals surface area contributed by atoms with E-state index in [4.69, 9.17) is 9.47 Å². The van der Waals surface area contributed by atoms with Crippen molar-refractivity contribution in [1.29, 1.82) is 0 Å². The van der Waals surface area contributed by atoms with Crippen molar-refractivity contribution in [3.63, 3.8) is 0 Å². The van der Waals surface area contributed by atoms with Gasteiger partial charge in [0.2, 0.25) is 5.91 Å². The van der Waals surface area contributed by atoms with Crippen LogP contribution in [0.25, 0.3) is 0 Å². The smallest absolute Gasteiger partial charge is 0.261 e. The molecule has 11 heteroatoms. The van der Waals surface area contributed by atoms with Crippen LogP contribution in [0.1, 0.15) is 42.5 Å². The number of amides is 2. The molecule has 4 heterocycles. The summed E-state index contributed by atoms with van der Waals surface area (Å²) in [7, 11) is -0.632. The highest BCUT2D eigenvalue weighted by molar-refractivity contribution is 6.91. The summed E-state index contributed by atoms with van der Waals surface area (Å²) in [5, 5.41) is 23.4. The van der Waals surface area contributed by atoms with Gasteiger partial charge in [-0.1, -0.05) is 72.9 Å². The van der Waals surface area contributed by atoms with Crippen LogP contribution in [-0.2, 0) is 26.5 Å². The van der Waals surface area contributed by atoms with Crippen molar-refractivity contribution in [3.8, 4) is 5.75 Å². The molecule has 1 spiro atoms. The third-order valence-corrected chi connectivity index (χ3v) is 15.0. The first-order chi connectivity index (χ1) is 22.7. The molecule has 3 aromatic carbocycles. The lowest BCUT2D eigenvalue weighted by Gasteiger charge is -2.37. The SMILES string of the molecule is COc1ccc([Si](C)(C)[C@H]2[C@H](CCn3cc(C(CO)c4ccccc4)nn3)O[C@@]3(C(=O)Nc4ccc(N5CCC5=O)cc43)[C@@H]2C)cc1. The Balaban J connectivity index is 1.23. The van der Waals surface area contributed by atoms with Crippen LogP contribution < -0.4 is 20.1 Å². The van der Waals surface area contributed by atoms with E-state index in [2.05, 4.69) is 47.8 Å². The number of aromatic nitrogens is 3. The fraction of sp³-hybridized carbons (Fsp3) is 0.389. The number of hydrogen-bond acceptors (Lipinski definition) is 7. The lowest BCUT2D eigenvalue weighted by Crippen LogP contribution is -2.51. The fourth-order valence-corrected chi connectivity index (χ4v) is 12.1. The highest BCUT2D eigenvalue weighted by Gasteiger charge is 2.64. The number of carbonyl (C=O) groups excluding carboxylic acids is 2. The summed E-state index contributed by atoms with van der Waals surface area (Å²) in [6.07, 6.45) is 2.80. The standard InChI is InChI=1S/C36H41N5O5Si/c1-23-34(47(3,4)27-13-11-26(45-2)12-14-27)32(16-18-40-21-31(38-39-40)28(22-42)24-8-6-5-7-9-24)46-36(23)29-20-25(41-19-17-33(41)43)10-15-30(29)37-35(36)44/h5-15,20-21,23,28,32,34,42H,16-19,22H2,1-4H3,(H,37,44)/t23-,28?,32+,34-,36+/m1/s1. The number of ether oxygens (including phenoxy) is 2. The first kappa shape index (κ1) is 31.3. The summed E-state index contributed by atoms with van der Waals surface area (Å²) in [5.41, 5.74) is 2.90. The van der Waals surface area contributed by atoms with E-state index in [9.17, 15) is 14.7 Å². The molecule has 0 aliphatic carbocycles. The van der Waals surface area contributed by atoms with Gasteiger partial charge in [0.25, 0.3) is 5.91 Å². The van der Waals surface area contributed by atoms with Gasteiger partial charge in [0.15, 0.2) is 5.60 Å². The topological polar surface area (TPSA) is 119 Å². The maximum absolute atomic E-state index is 14.1. The van der Waals surface area contributed by atoms with Crippen LogP contribution >= 0.6 is 0 Å². The van der Waals surface area contributed by atoms with Crippen molar-refractivity contribution in [3.05, 3.63) is 95.8 Å². The number of β-lactam (4-membered cyclic amide) rings is 1. The second-order valence-electron chi connectivity index (χ2n) is 13.5. The Morgan fingerprint density at radius 1 is 1.11 bits per heavy atom. The van der Waals surface area contributed by atoms with E-state index in [1.165, 1.54) is 5.19 Å².